The third-order valence-corrected chi connectivity index (χ3v) is 4.66. The fraction of sp³-hybridized carbons (Fsp3) is 0.214. The van der Waals surface area contributed by atoms with Crippen molar-refractivity contribution in [3.05, 3.63) is 50.7 Å². The van der Waals surface area contributed by atoms with Gasteiger partial charge in [0.1, 0.15) is 4.60 Å². The number of aromatic nitrogens is 1. The van der Waals surface area contributed by atoms with Crippen molar-refractivity contribution in [2.75, 3.05) is 4.72 Å². The molecule has 2 rings (SSSR count). The van der Waals surface area contributed by atoms with E-state index in [1.54, 1.807) is 32.2 Å². The number of nitrogens with one attached hydrogen (secondary N) is 1. The van der Waals surface area contributed by atoms with Gasteiger partial charge in [-0.15, -0.1) is 0 Å². The molecule has 0 aliphatic carbocycles. The van der Waals surface area contributed by atoms with Crippen LogP contribution in [0, 0.1) is 0 Å². The quantitative estimate of drug-likeness (QED) is 0.518. The molecular weight excluding hydrogens is 395 g/mol. The Kier molecular flexibility index (Phi) is 5.43. The zero-order valence-corrected chi connectivity index (χ0v) is 15.2. The van der Waals surface area contributed by atoms with Gasteiger partial charge in [0.15, 0.2) is 0 Å². The molecule has 0 spiro atoms. The van der Waals surface area contributed by atoms with Crippen LogP contribution in [0.2, 0.25) is 10.0 Å². The van der Waals surface area contributed by atoms with E-state index in [-0.39, 0.29) is 0 Å². The summed E-state index contributed by atoms with van der Waals surface area (Å²) in [6, 6.07) is 7.27. The van der Waals surface area contributed by atoms with E-state index in [1.165, 1.54) is 11.9 Å². The minimum atomic E-state index is -0.994. The van der Waals surface area contributed by atoms with Crippen molar-refractivity contribution in [3.63, 3.8) is 0 Å². The molecule has 0 aliphatic heterocycles. The van der Waals surface area contributed by atoms with Gasteiger partial charge in [-0.05, 0) is 66.0 Å². The number of anilines is 1. The van der Waals surface area contributed by atoms with Gasteiger partial charge >= 0.3 is 0 Å². The van der Waals surface area contributed by atoms with Crippen molar-refractivity contribution in [1.82, 2.24) is 4.98 Å². The number of pyridine rings is 1. The molecule has 0 saturated heterocycles. The summed E-state index contributed by atoms with van der Waals surface area (Å²) in [5, 5.41) is 11.2. The van der Waals surface area contributed by atoms with Gasteiger partial charge < -0.3 is 9.83 Å². The number of nitrogens with zero attached hydrogens (tertiary/aromatic N) is 1. The van der Waals surface area contributed by atoms with Crippen molar-refractivity contribution < 1.29 is 5.11 Å². The van der Waals surface area contributed by atoms with Crippen molar-refractivity contribution in [3.8, 4) is 0 Å². The molecule has 0 atom stereocenters. The van der Waals surface area contributed by atoms with Crippen LogP contribution in [0.5, 0.6) is 0 Å². The first-order valence-electron chi connectivity index (χ1n) is 6.03. The first-order chi connectivity index (χ1) is 9.77. The molecule has 0 amide bonds. The molecule has 2 aromatic rings. The molecule has 0 fully saturated rings. The van der Waals surface area contributed by atoms with Gasteiger partial charge in [0.2, 0.25) is 0 Å². The molecule has 0 unspecified atom stereocenters. The van der Waals surface area contributed by atoms with Gasteiger partial charge in [-0.25, -0.2) is 4.98 Å². The Hall–Kier alpha value is -0.460. The number of halogens is 3. The van der Waals surface area contributed by atoms with Crippen LogP contribution in [0.15, 0.2) is 40.0 Å². The fourth-order valence-electron chi connectivity index (χ4n) is 1.64. The zero-order valence-electron chi connectivity index (χ0n) is 11.3. The Labute approximate surface area is 146 Å². The maximum atomic E-state index is 10.1. The van der Waals surface area contributed by atoms with Crippen LogP contribution in [0.3, 0.4) is 0 Å². The Bertz CT molecular complexity index is 662. The van der Waals surface area contributed by atoms with Gasteiger partial charge in [-0.3, -0.25) is 0 Å². The van der Waals surface area contributed by atoms with Crippen LogP contribution >= 0.6 is 51.1 Å². The summed E-state index contributed by atoms with van der Waals surface area (Å²) in [5.41, 5.74) is 0.456. The van der Waals surface area contributed by atoms with Gasteiger partial charge in [0, 0.05) is 21.7 Å². The van der Waals surface area contributed by atoms with Crippen LogP contribution < -0.4 is 4.72 Å². The molecule has 2 N–H and O–H groups in total. The van der Waals surface area contributed by atoms with Gasteiger partial charge in [-0.1, -0.05) is 23.2 Å². The molecule has 0 radical (unpaired) electrons. The van der Waals surface area contributed by atoms with Crippen LogP contribution in [0.4, 0.5) is 5.69 Å². The lowest BCUT2D eigenvalue weighted by Gasteiger charge is -2.20. The van der Waals surface area contributed by atoms with Gasteiger partial charge in [0.25, 0.3) is 0 Å². The van der Waals surface area contributed by atoms with Crippen molar-refractivity contribution >= 4 is 56.8 Å². The normalized spacial score (nSPS) is 11.5. The first kappa shape index (κ1) is 16.9. The zero-order chi connectivity index (χ0) is 15.6. The lowest BCUT2D eigenvalue weighted by molar-refractivity contribution is 0.0785. The molecule has 21 heavy (non-hydrogen) atoms. The van der Waals surface area contributed by atoms with E-state index in [2.05, 4.69) is 25.6 Å². The Balaban J connectivity index is 2.19. The summed E-state index contributed by atoms with van der Waals surface area (Å²) in [6.07, 6.45) is 1.57. The van der Waals surface area contributed by atoms with E-state index in [9.17, 15) is 5.11 Å². The number of rotatable bonds is 4. The van der Waals surface area contributed by atoms with Crippen molar-refractivity contribution in [2.45, 2.75) is 24.3 Å². The van der Waals surface area contributed by atoms with E-state index in [0.717, 1.165) is 10.6 Å². The molecule has 0 aliphatic rings. The Morgan fingerprint density at radius 3 is 2.67 bits per heavy atom. The molecular formula is C14H13BrCl2N2OS. The van der Waals surface area contributed by atoms with E-state index >= 15 is 0 Å². The van der Waals surface area contributed by atoms with E-state index < -0.39 is 5.60 Å². The molecule has 7 heteroatoms. The molecule has 112 valence electrons. The second kappa shape index (κ2) is 6.75. The first-order valence-corrected chi connectivity index (χ1v) is 8.40. The lowest BCUT2D eigenvalue weighted by atomic mass is 9.99. The second-order valence-electron chi connectivity index (χ2n) is 4.90. The average molecular weight is 408 g/mol. The maximum absolute atomic E-state index is 10.1. The van der Waals surface area contributed by atoms with Crippen LogP contribution in [-0.2, 0) is 5.60 Å². The highest BCUT2D eigenvalue weighted by Gasteiger charge is 2.20. The third kappa shape index (κ3) is 4.50. The largest absolute Gasteiger partial charge is 0.386 e. The average Bonchev–Trinajstić information content (AvgIpc) is 2.40. The smallest absolute Gasteiger partial charge is 0.130 e. The van der Waals surface area contributed by atoms with Crippen LogP contribution in [-0.4, -0.2) is 10.1 Å². The molecule has 0 saturated carbocycles. The molecule has 1 aromatic heterocycles. The minimum Gasteiger partial charge on any atom is -0.386 e. The van der Waals surface area contributed by atoms with Gasteiger partial charge in [0.05, 0.1) is 16.3 Å². The number of aliphatic hydroxyl groups is 1. The summed E-state index contributed by atoms with van der Waals surface area (Å²) in [5.74, 6) is 0. The third-order valence-electron chi connectivity index (χ3n) is 2.68. The van der Waals surface area contributed by atoms with E-state index in [0.29, 0.717) is 20.2 Å². The predicted molar refractivity (Wildman–Crippen MR) is 93.1 cm³/mol. The number of hydrogen-bond acceptors (Lipinski definition) is 4. The molecule has 0 bridgehead atoms. The summed E-state index contributed by atoms with van der Waals surface area (Å²) in [4.78, 5) is 5.03. The standard InChI is InChI=1S/C14H13BrCl2N2OS/c1-14(2,20)10-6-9(3-4-11(10)17)21-19-12-5-8(16)7-18-13(12)15/h3-7,19-20H,1-2H3. The number of benzene rings is 1. The summed E-state index contributed by atoms with van der Waals surface area (Å²) >= 11 is 16.8. The lowest BCUT2D eigenvalue weighted by Crippen LogP contribution is -2.16. The molecule has 3 nitrogen and oxygen atoms in total. The number of hydrogen-bond donors (Lipinski definition) is 2. The summed E-state index contributed by atoms with van der Waals surface area (Å²) in [6.45, 7) is 3.40. The Morgan fingerprint density at radius 2 is 2.00 bits per heavy atom. The van der Waals surface area contributed by atoms with Gasteiger partial charge in [-0.2, -0.15) is 0 Å². The minimum absolute atomic E-state index is 0.539. The van der Waals surface area contributed by atoms with Crippen molar-refractivity contribution in [1.29, 1.82) is 0 Å². The topological polar surface area (TPSA) is 45.1 Å². The second-order valence-corrected chi connectivity index (χ2v) is 7.37. The van der Waals surface area contributed by atoms with E-state index in [4.69, 9.17) is 23.2 Å². The highest BCUT2D eigenvalue weighted by molar-refractivity contribution is 9.10. The van der Waals surface area contributed by atoms with Crippen LogP contribution in [0.25, 0.3) is 0 Å². The highest BCUT2D eigenvalue weighted by atomic mass is 79.9. The van der Waals surface area contributed by atoms with Crippen molar-refractivity contribution in [2.24, 2.45) is 0 Å². The van der Waals surface area contributed by atoms with E-state index in [1.807, 2.05) is 12.1 Å². The molecule has 1 aromatic carbocycles. The summed E-state index contributed by atoms with van der Waals surface area (Å²) in [7, 11) is 0. The molecule has 1 heterocycles. The fourth-order valence-corrected chi connectivity index (χ4v) is 3.29. The summed E-state index contributed by atoms with van der Waals surface area (Å²) < 4.78 is 3.84. The maximum Gasteiger partial charge on any atom is 0.130 e. The monoisotopic (exact) mass is 406 g/mol. The predicted octanol–water partition coefficient (Wildman–Crippen LogP) is 5.50. The Morgan fingerprint density at radius 1 is 1.29 bits per heavy atom. The van der Waals surface area contributed by atoms with Crippen LogP contribution in [0.1, 0.15) is 19.4 Å². The highest BCUT2D eigenvalue weighted by Crippen LogP contribution is 2.33. The SMILES string of the molecule is CC(C)(O)c1cc(SNc2cc(Cl)cnc2Br)ccc1Cl.